The molecule has 1 rings (SSSR count). The number of benzene rings is 1. The molecule has 0 bridgehead atoms. The molecule has 0 aliphatic carbocycles. The third-order valence-corrected chi connectivity index (χ3v) is 4.65. The van der Waals surface area contributed by atoms with E-state index in [2.05, 4.69) is 4.72 Å². The normalized spacial score (nSPS) is 13.1. The van der Waals surface area contributed by atoms with E-state index >= 15 is 0 Å². The van der Waals surface area contributed by atoms with Crippen LogP contribution < -0.4 is 10.5 Å². The summed E-state index contributed by atoms with van der Waals surface area (Å²) in [6, 6.07) is 1.45. The minimum Gasteiger partial charge on any atom is -0.396 e. The number of likely N-dealkylation sites (N-methyl/N-ethyl adjacent to an activating group) is 1. The standard InChI is InChI=1S/C11H15Cl2N3O3S/c1-6(11(17)16(2)3)15-20(18,19)7-4-8(12)10(14)9(13)5-7/h4-6,15H,14H2,1-3H3. The number of hydrogen-bond acceptors (Lipinski definition) is 4. The second-order valence-corrected chi connectivity index (χ2v) is 6.90. The molecule has 0 saturated heterocycles. The van der Waals surface area contributed by atoms with Gasteiger partial charge in [-0.1, -0.05) is 23.2 Å². The number of nitrogen functional groups attached to an aromatic ring is 1. The Labute approximate surface area is 127 Å². The van der Waals surface area contributed by atoms with Crippen LogP contribution in [0.3, 0.4) is 0 Å². The predicted molar refractivity (Wildman–Crippen MR) is 79.4 cm³/mol. The lowest BCUT2D eigenvalue weighted by atomic mass is 10.3. The lowest BCUT2D eigenvalue weighted by Gasteiger charge is -2.18. The quantitative estimate of drug-likeness (QED) is 0.809. The molecule has 0 aromatic heterocycles. The Kier molecular flexibility index (Phi) is 5.26. The first-order chi connectivity index (χ1) is 9.06. The fourth-order valence-corrected chi connectivity index (χ4v) is 3.32. The van der Waals surface area contributed by atoms with Crippen molar-refractivity contribution in [1.82, 2.24) is 9.62 Å². The molecule has 0 radical (unpaired) electrons. The molecule has 0 aliphatic heterocycles. The van der Waals surface area contributed by atoms with Crippen molar-refractivity contribution in [2.75, 3.05) is 19.8 Å². The summed E-state index contributed by atoms with van der Waals surface area (Å²) >= 11 is 11.6. The van der Waals surface area contributed by atoms with Crippen LogP contribution in [0.2, 0.25) is 10.0 Å². The minimum atomic E-state index is -3.92. The van der Waals surface area contributed by atoms with Crippen LogP contribution >= 0.6 is 23.2 Å². The van der Waals surface area contributed by atoms with Gasteiger partial charge in [-0.2, -0.15) is 4.72 Å². The Morgan fingerprint density at radius 3 is 2.15 bits per heavy atom. The minimum absolute atomic E-state index is 0.0319. The van der Waals surface area contributed by atoms with Crippen molar-refractivity contribution >= 4 is 44.8 Å². The molecular weight excluding hydrogens is 325 g/mol. The molecule has 0 spiro atoms. The van der Waals surface area contributed by atoms with Crippen molar-refractivity contribution in [3.05, 3.63) is 22.2 Å². The van der Waals surface area contributed by atoms with Crippen LogP contribution in [0.15, 0.2) is 17.0 Å². The molecule has 20 heavy (non-hydrogen) atoms. The van der Waals surface area contributed by atoms with Crippen LogP contribution in [0, 0.1) is 0 Å². The SMILES string of the molecule is CC(NS(=O)(=O)c1cc(Cl)c(N)c(Cl)c1)C(=O)N(C)C. The molecule has 1 unspecified atom stereocenters. The van der Waals surface area contributed by atoms with E-state index in [9.17, 15) is 13.2 Å². The van der Waals surface area contributed by atoms with E-state index in [1.807, 2.05) is 0 Å². The van der Waals surface area contributed by atoms with Crippen molar-refractivity contribution in [2.24, 2.45) is 0 Å². The third-order valence-electron chi connectivity index (χ3n) is 2.51. The first-order valence-electron chi connectivity index (χ1n) is 5.54. The highest BCUT2D eigenvalue weighted by atomic mass is 35.5. The molecule has 9 heteroatoms. The van der Waals surface area contributed by atoms with Crippen LogP contribution in [0.5, 0.6) is 0 Å². The van der Waals surface area contributed by atoms with E-state index < -0.39 is 16.1 Å². The molecule has 0 aliphatic rings. The number of nitrogens with two attached hydrogens (primary N) is 1. The maximum Gasteiger partial charge on any atom is 0.241 e. The molecule has 0 saturated carbocycles. The highest BCUT2D eigenvalue weighted by Crippen LogP contribution is 2.30. The number of sulfonamides is 1. The highest BCUT2D eigenvalue weighted by molar-refractivity contribution is 7.89. The fourth-order valence-electron chi connectivity index (χ4n) is 1.45. The lowest BCUT2D eigenvalue weighted by Crippen LogP contribution is -2.44. The van der Waals surface area contributed by atoms with Gasteiger partial charge in [-0.25, -0.2) is 8.42 Å². The Morgan fingerprint density at radius 1 is 1.30 bits per heavy atom. The second-order valence-electron chi connectivity index (χ2n) is 4.38. The Morgan fingerprint density at radius 2 is 1.75 bits per heavy atom. The number of rotatable bonds is 4. The lowest BCUT2D eigenvalue weighted by molar-refractivity contribution is -0.130. The first-order valence-corrected chi connectivity index (χ1v) is 7.78. The molecule has 0 fully saturated rings. The van der Waals surface area contributed by atoms with Gasteiger partial charge in [0.1, 0.15) is 0 Å². The van der Waals surface area contributed by atoms with Crippen LogP contribution in [0.1, 0.15) is 6.92 Å². The van der Waals surface area contributed by atoms with E-state index in [0.29, 0.717) is 0 Å². The molecule has 1 atom stereocenters. The van der Waals surface area contributed by atoms with Crippen molar-refractivity contribution in [3.8, 4) is 0 Å². The third kappa shape index (κ3) is 3.76. The number of anilines is 1. The molecule has 1 aromatic rings. The maximum atomic E-state index is 12.1. The number of carbonyl (C=O) groups excluding carboxylic acids is 1. The Balaban J connectivity index is 3.09. The van der Waals surface area contributed by atoms with Gasteiger partial charge >= 0.3 is 0 Å². The number of amides is 1. The molecule has 1 amide bonds. The molecule has 112 valence electrons. The second kappa shape index (κ2) is 6.17. The van der Waals surface area contributed by atoms with Crippen LogP contribution in [0.25, 0.3) is 0 Å². The summed E-state index contributed by atoms with van der Waals surface area (Å²) in [6.07, 6.45) is 0. The maximum absolute atomic E-state index is 12.1. The molecule has 1 aromatic carbocycles. The smallest absolute Gasteiger partial charge is 0.241 e. The van der Waals surface area contributed by atoms with E-state index in [-0.39, 0.29) is 26.5 Å². The first kappa shape index (κ1) is 17.0. The number of carbonyl (C=O) groups is 1. The zero-order valence-corrected chi connectivity index (χ0v) is 13.5. The van der Waals surface area contributed by atoms with Crippen molar-refractivity contribution in [2.45, 2.75) is 17.9 Å². The Bertz CT molecular complexity index is 609. The van der Waals surface area contributed by atoms with Gasteiger partial charge in [0.05, 0.1) is 26.7 Å². The summed E-state index contributed by atoms with van der Waals surface area (Å²) in [5.41, 5.74) is 5.64. The molecule has 6 nitrogen and oxygen atoms in total. The molecular formula is C11H15Cl2N3O3S. The number of hydrogen-bond donors (Lipinski definition) is 2. The van der Waals surface area contributed by atoms with Crippen molar-refractivity contribution in [1.29, 1.82) is 0 Å². The fraction of sp³-hybridized carbons (Fsp3) is 0.364. The van der Waals surface area contributed by atoms with Crippen molar-refractivity contribution < 1.29 is 13.2 Å². The van der Waals surface area contributed by atoms with Crippen molar-refractivity contribution in [3.63, 3.8) is 0 Å². The summed E-state index contributed by atoms with van der Waals surface area (Å²) in [5.74, 6) is -0.374. The summed E-state index contributed by atoms with van der Waals surface area (Å²) in [7, 11) is -0.858. The van der Waals surface area contributed by atoms with E-state index in [4.69, 9.17) is 28.9 Å². The molecule has 0 heterocycles. The highest BCUT2D eigenvalue weighted by Gasteiger charge is 2.24. The topological polar surface area (TPSA) is 92.5 Å². The summed E-state index contributed by atoms with van der Waals surface area (Å²) in [6.45, 7) is 1.44. The van der Waals surface area contributed by atoms with Gasteiger partial charge in [0, 0.05) is 14.1 Å². The largest absolute Gasteiger partial charge is 0.396 e. The zero-order chi connectivity index (χ0) is 15.7. The van der Waals surface area contributed by atoms with Gasteiger partial charge in [-0.05, 0) is 19.1 Å². The summed E-state index contributed by atoms with van der Waals surface area (Å²) < 4.78 is 26.5. The monoisotopic (exact) mass is 339 g/mol. The van der Waals surface area contributed by atoms with Gasteiger partial charge < -0.3 is 10.6 Å². The number of nitrogens with one attached hydrogen (secondary N) is 1. The van der Waals surface area contributed by atoms with E-state index in [1.165, 1.54) is 38.1 Å². The van der Waals surface area contributed by atoms with Gasteiger partial charge in [-0.15, -0.1) is 0 Å². The van der Waals surface area contributed by atoms with Gasteiger partial charge in [-0.3, -0.25) is 4.79 Å². The van der Waals surface area contributed by atoms with Gasteiger partial charge in [0.25, 0.3) is 0 Å². The Hall–Kier alpha value is -1.02. The number of halogens is 2. The van der Waals surface area contributed by atoms with Gasteiger partial charge in [0.2, 0.25) is 15.9 Å². The van der Waals surface area contributed by atoms with Crippen LogP contribution in [0.4, 0.5) is 5.69 Å². The summed E-state index contributed by atoms with van der Waals surface area (Å²) in [4.78, 5) is 12.8. The average molecular weight is 340 g/mol. The summed E-state index contributed by atoms with van der Waals surface area (Å²) in [5, 5.41) is 0.0638. The molecule has 3 N–H and O–H groups in total. The van der Waals surface area contributed by atoms with Crippen LogP contribution in [-0.2, 0) is 14.8 Å². The zero-order valence-electron chi connectivity index (χ0n) is 11.1. The van der Waals surface area contributed by atoms with E-state index in [1.54, 1.807) is 0 Å². The van der Waals surface area contributed by atoms with Crippen LogP contribution in [-0.4, -0.2) is 39.4 Å². The van der Waals surface area contributed by atoms with E-state index in [0.717, 1.165) is 0 Å². The van der Waals surface area contributed by atoms with Gasteiger partial charge in [0.15, 0.2) is 0 Å². The average Bonchev–Trinajstić information content (AvgIpc) is 2.33. The number of nitrogens with zero attached hydrogens (tertiary/aromatic N) is 1. The predicted octanol–water partition coefficient (Wildman–Crippen LogP) is 1.33.